The molecule has 0 fully saturated rings. The number of carbonyl (C=O) groups is 1. The molecule has 19 heavy (non-hydrogen) atoms. The molecule has 0 saturated heterocycles. The van der Waals surface area contributed by atoms with Crippen LogP contribution in [0.2, 0.25) is 19.6 Å². The largest absolute Gasteiger partial charge is 0.480 e. The van der Waals surface area contributed by atoms with Crippen LogP contribution in [0.3, 0.4) is 0 Å². The van der Waals surface area contributed by atoms with Crippen LogP contribution < -0.4 is 0 Å². The summed E-state index contributed by atoms with van der Waals surface area (Å²) < 4.78 is 2.15. The Morgan fingerprint density at radius 3 is 2.42 bits per heavy atom. The molecule has 106 valence electrons. The molecule has 0 saturated carbocycles. The predicted octanol–water partition coefficient (Wildman–Crippen LogP) is 3.14. The first kappa shape index (κ1) is 16.3. The molecule has 0 spiro atoms. The first-order chi connectivity index (χ1) is 8.89. The van der Waals surface area contributed by atoms with Gasteiger partial charge in [0.25, 0.3) is 0 Å². The fourth-order valence-electron chi connectivity index (χ4n) is 1.75. The van der Waals surface area contributed by atoms with E-state index in [1.54, 1.807) is 0 Å². The molecule has 0 aromatic heterocycles. The number of hydrogen-bond donors (Lipinski definition) is 1. The van der Waals surface area contributed by atoms with Crippen molar-refractivity contribution in [2.45, 2.75) is 25.4 Å². The molecule has 3 nitrogen and oxygen atoms in total. The molecular weight excluding hydrogens is 274 g/mol. The molecule has 1 aromatic rings. The summed E-state index contributed by atoms with van der Waals surface area (Å²) in [5, 5.41) is 8.96. The lowest BCUT2D eigenvalue weighted by atomic mass is 10.2. The second-order valence-electron chi connectivity index (χ2n) is 5.52. The maximum atomic E-state index is 10.9. The van der Waals surface area contributed by atoms with Gasteiger partial charge in [-0.25, -0.2) is 0 Å². The minimum atomic E-state index is -1.54. The summed E-state index contributed by atoms with van der Waals surface area (Å²) in [6.07, 6.45) is 0. The first-order valence-electron chi connectivity index (χ1n) is 6.48. The minimum absolute atomic E-state index is 0.168. The maximum Gasteiger partial charge on any atom is 0.317 e. The van der Waals surface area contributed by atoms with Crippen molar-refractivity contribution in [1.82, 2.24) is 4.57 Å². The lowest BCUT2D eigenvalue weighted by molar-refractivity contribution is -0.137. The molecular formula is C14H23NO2SSi. The van der Waals surface area contributed by atoms with Gasteiger partial charge in [-0.05, 0) is 5.56 Å². The van der Waals surface area contributed by atoms with Gasteiger partial charge >= 0.3 is 5.97 Å². The van der Waals surface area contributed by atoms with E-state index in [2.05, 4.69) is 48.5 Å². The summed E-state index contributed by atoms with van der Waals surface area (Å²) in [5.41, 5.74) is 1.32. The van der Waals surface area contributed by atoms with Gasteiger partial charge in [0.1, 0.15) is 8.24 Å². The number of nitrogens with zero attached hydrogens (tertiary/aromatic N) is 1. The molecule has 0 aliphatic heterocycles. The highest BCUT2D eigenvalue weighted by molar-refractivity contribution is 7.98. The monoisotopic (exact) mass is 297 g/mol. The summed E-state index contributed by atoms with van der Waals surface area (Å²) in [4.78, 5) is 10.9. The first-order valence-corrected chi connectivity index (χ1v) is 11.1. The van der Waals surface area contributed by atoms with Crippen molar-refractivity contribution in [2.24, 2.45) is 0 Å². The van der Waals surface area contributed by atoms with E-state index in [1.807, 2.05) is 17.8 Å². The molecule has 0 aliphatic carbocycles. The van der Waals surface area contributed by atoms with E-state index in [0.29, 0.717) is 0 Å². The summed E-state index contributed by atoms with van der Waals surface area (Å²) in [7, 11) is -1.54. The zero-order valence-corrected chi connectivity index (χ0v) is 13.7. The number of carboxylic acid groups (broad SMARTS) is 1. The van der Waals surface area contributed by atoms with Crippen molar-refractivity contribution in [3.05, 3.63) is 35.9 Å². The molecule has 0 atom stereocenters. The van der Waals surface area contributed by atoms with Gasteiger partial charge in [0, 0.05) is 18.1 Å². The van der Waals surface area contributed by atoms with E-state index in [4.69, 9.17) is 5.11 Å². The zero-order valence-electron chi connectivity index (χ0n) is 11.9. The standard InChI is InChI=1S/C14H23NO2SSi/c1-19(2,3)15(11-14(16)17)9-10-18-12-13-7-5-4-6-8-13/h4-8H,9-12H2,1-3H3,(H,16,17). The zero-order chi connectivity index (χ0) is 14.3. The third kappa shape index (κ3) is 6.80. The van der Waals surface area contributed by atoms with Gasteiger partial charge in [0.05, 0.1) is 6.54 Å². The quantitative estimate of drug-likeness (QED) is 0.591. The highest BCUT2D eigenvalue weighted by Gasteiger charge is 2.25. The predicted molar refractivity (Wildman–Crippen MR) is 85.2 cm³/mol. The molecule has 1 aromatic carbocycles. The van der Waals surface area contributed by atoms with Gasteiger partial charge in [-0.2, -0.15) is 11.8 Å². The Bertz CT molecular complexity index is 392. The van der Waals surface area contributed by atoms with Crippen LogP contribution in [-0.2, 0) is 10.5 Å². The van der Waals surface area contributed by atoms with Crippen LogP contribution in [0.1, 0.15) is 5.56 Å². The Kier molecular flexibility index (Phi) is 6.61. The van der Waals surface area contributed by atoms with Crippen LogP contribution in [0.15, 0.2) is 30.3 Å². The molecule has 0 radical (unpaired) electrons. The second-order valence-corrected chi connectivity index (χ2v) is 11.6. The number of rotatable bonds is 8. The van der Waals surface area contributed by atoms with E-state index in [0.717, 1.165) is 18.1 Å². The van der Waals surface area contributed by atoms with Gasteiger partial charge in [0.15, 0.2) is 0 Å². The molecule has 0 bridgehead atoms. The summed E-state index contributed by atoms with van der Waals surface area (Å²) in [6, 6.07) is 10.4. The average Bonchev–Trinajstić information content (AvgIpc) is 2.32. The molecule has 0 amide bonds. The molecule has 1 rings (SSSR count). The summed E-state index contributed by atoms with van der Waals surface area (Å²) >= 11 is 1.87. The third-order valence-electron chi connectivity index (χ3n) is 2.89. The fraction of sp³-hybridized carbons (Fsp3) is 0.500. The number of thioether (sulfide) groups is 1. The number of benzene rings is 1. The number of carboxylic acids is 1. The van der Waals surface area contributed by atoms with Gasteiger partial charge in [-0.15, -0.1) is 0 Å². The van der Waals surface area contributed by atoms with Crippen LogP contribution in [0.5, 0.6) is 0 Å². The van der Waals surface area contributed by atoms with Crippen LogP contribution in [-0.4, -0.2) is 42.7 Å². The maximum absolute atomic E-state index is 10.9. The molecule has 0 heterocycles. The van der Waals surface area contributed by atoms with E-state index >= 15 is 0 Å². The molecule has 0 unspecified atom stereocenters. The van der Waals surface area contributed by atoms with E-state index in [1.165, 1.54) is 5.56 Å². The number of hydrogen-bond acceptors (Lipinski definition) is 3. The lowest BCUT2D eigenvalue weighted by Gasteiger charge is -2.32. The van der Waals surface area contributed by atoms with Crippen LogP contribution in [0.25, 0.3) is 0 Å². The smallest absolute Gasteiger partial charge is 0.317 e. The second kappa shape index (κ2) is 7.72. The highest BCUT2D eigenvalue weighted by Crippen LogP contribution is 2.14. The minimum Gasteiger partial charge on any atom is -0.480 e. The highest BCUT2D eigenvalue weighted by atomic mass is 32.2. The summed E-state index contributed by atoms with van der Waals surface area (Å²) in [5.74, 6) is 1.25. The Labute approximate surface area is 121 Å². The van der Waals surface area contributed by atoms with Crippen molar-refractivity contribution in [2.75, 3.05) is 18.8 Å². The summed E-state index contributed by atoms with van der Waals surface area (Å²) in [6.45, 7) is 7.61. The van der Waals surface area contributed by atoms with Crippen molar-refractivity contribution in [3.63, 3.8) is 0 Å². The van der Waals surface area contributed by atoms with Crippen molar-refractivity contribution in [3.8, 4) is 0 Å². The Hall–Kier alpha value is -0.783. The molecule has 5 heteroatoms. The van der Waals surface area contributed by atoms with E-state index in [-0.39, 0.29) is 6.54 Å². The van der Waals surface area contributed by atoms with E-state index in [9.17, 15) is 4.79 Å². The average molecular weight is 297 g/mol. The number of aliphatic carboxylic acids is 1. The topological polar surface area (TPSA) is 40.5 Å². The van der Waals surface area contributed by atoms with Gasteiger partial charge < -0.3 is 9.67 Å². The Balaban J connectivity index is 2.34. The van der Waals surface area contributed by atoms with E-state index < -0.39 is 14.2 Å². The molecule has 0 aliphatic rings. The van der Waals surface area contributed by atoms with Gasteiger partial charge in [0.2, 0.25) is 0 Å². The fourth-order valence-corrected chi connectivity index (χ4v) is 4.23. The van der Waals surface area contributed by atoms with Gasteiger partial charge in [-0.3, -0.25) is 4.79 Å². The lowest BCUT2D eigenvalue weighted by Crippen LogP contribution is -2.49. The Morgan fingerprint density at radius 2 is 1.89 bits per heavy atom. The van der Waals surface area contributed by atoms with Crippen molar-refractivity contribution < 1.29 is 9.90 Å². The third-order valence-corrected chi connectivity index (χ3v) is 6.18. The van der Waals surface area contributed by atoms with Crippen LogP contribution in [0, 0.1) is 0 Å². The molecule has 1 N–H and O–H groups in total. The Morgan fingerprint density at radius 1 is 1.26 bits per heavy atom. The SMILES string of the molecule is C[Si](C)(C)N(CCSCc1ccccc1)CC(=O)O. The van der Waals surface area contributed by atoms with Crippen LogP contribution in [0.4, 0.5) is 0 Å². The van der Waals surface area contributed by atoms with Crippen LogP contribution >= 0.6 is 11.8 Å². The van der Waals surface area contributed by atoms with Crippen molar-refractivity contribution in [1.29, 1.82) is 0 Å². The van der Waals surface area contributed by atoms with Gasteiger partial charge in [-0.1, -0.05) is 50.0 Å². The normalized spacial score (nSPS) is 11.8. The van der Waals surface area contributed by atoms with Crippen molar-refractivity contribution >= 4 is 26.0 Å².